The fourth-order valence-electron chi connectivity index (χ4n) is 4.90. The fourth-order valence-corrected chi connectivity index (χ4v) is 4.90. The van der Waals surface area contributed by atoms with Crippen molar-refractivity contribution < 1.29 is 18.7 Å². The molecule has 0 amide bonds. The van der Waals surface area contributed by atoms with Crippen molar-refractivity contribution in [3.63, 3.8) is 0 Å². The minimum Gasteiger partial charge on any atom is -0.469 e. The molecule has 2 heterocycles. The van der Waals surface area contributed by atoms with Crippen LogP contribution in [-0.2, 0) is 20.7 Å². The smallest absolute Gasteiger partial charge is 0.309 e. The topological polar surface area (TPSA) is 52.0 Å². The van der Waals surface area contributed by atoms with Crippen molar-refractivity contribution in [3.05, 3.63) is 23.2 Å². The number of hydrogen-bond acceptors (Lipinski definition) is 4. The van der Waals surface area contributed by atoms with Gasteiger partial charge in [-0.1, -0.05) is 27.7 Å². The average molecular weight is 318 g/mol. The maximum absolute atomic E-state index is 12.4. The van der Waals surface area contributed by atoms with Gasteiger partial charge in [0.15, 0.2) is 0 Å². The van der Waals surface area contributed by atoms with Gasteiger partial charge in [0.25, 0.3) is 0 Å². The van der Waals surface area contributed by atoms with Crippen LogP contribution in [0.5, 0.6) is 0 Å². The second kappa shape index (κ2) is 4.62. The first kappa shape index (κ1) is 15.3. The predicted molar refractivity (Wildman–Crippen MR) is 84.9 cm³/mol. The summed E-state index contributed by atoms with van der Waals surface area (Å²) in [6.45, 7) is 10.3. The molecular weight excluding hydrogens is 292 g/mol. The van der Waals surface area contributed by atoms with Crippen LogP contribution in [0.4, 0.5) is 0 Å². The first-order valence-corrected chi connectivity index (χ1v) is 8.76. The molecule has 2 fully saturated rings. The molecular formula is C19H26O4. The number of carbonyl (C=O) groups excluding carboxylic acids is 1. The lowest BCUT2D eigenvalue weighted by atomic mass is 9.53. The Morgan fingerprint density at radius 2 is 2.13 bits per heavy atom. The molecule has 1 aromatic rings. The van der Waals surface area contributed by atoms with Crippen LogP contribution in [0, 0.1) is 24.2 Å². The van der Waals surface area contributed by atoms with Crippen molar-refractivity contribution in [1.29, 1.82) is 0 Å². The highest BCUT2D eigenvalue weighted by molar-refractivity contribution is 5.72. The predicted octanol–water partition coefficient (Wildman–Crippen LogP) is 3.96. The second-order valence-corrected chi connectivity index (χ2v) is 8.16. The highest BCUT2D eigenvalue weighted by Crippen LogP contribution is 2.69. The molecule has 0 N–H and O–H groups in total. The van der Waals surface area contributed by atoms with E-state index >= 15 is 0 Å². The summed E-state index contributed by atoms with van der Waals surface area (Å²) in [4.78, 5) is 12.4. The van der Waals surface area contributed by atoms with Gasteiger partial charge in [0.2, 0.25) is 0 Å². The maximum atomic E-state index is 12.4. The van der Waals surface area contributed by atoms with Gasteiger partial charge >= 0.3 is 5.97 Å². The van der Waals surface area contributed by atoms with Gasteiger partial charge in [-0.25, -0.2) is 0 Å². The average Bonchev–Trinajstić information content (AvgIpc) is 3.10. The lowest BCUT2D eigenvalue weighted by Gasteiger charge is -2.51. The number of hydrogen-bond donors (Lipinski definition) is 0. The van der Waals surface area contributed by atoms with Gasteiger partial charge in [-0.2, -0.15) is 0 Å². The number of ether oxygens (including phenoxy) is 2. The molecule has 5 atom stereocenters. The lowest BCUT2D eigenvalue weighted by molar-refractivity contribution is -0.172. The van der Waals surface area contributed by atoms with Crippen molar-refractivity contribution in [2.45, 2.75) is 71.7 Å². The normalized spacial score (nSPS) is 41.0. The van der Waals surface area contributed by atoms with Crippen LogP contribution >= 0.6 is 0 Å². The quantitative estimate of drug-likeness (QED) is 0.612. The molecule has 1 saturated heterocycles. The maximum Gasteiger partial charge on any atom is 0.309 e. The third kappa shape index (κ3) is 1.79. The molecule has 126 valence electrons. The standard InChI is InChI=1S/C19H26O4/c1-10(2)17(20)22-16-15-11(3)9-21-13(15)8-19-14(23-19)7-6-12(4)18(16,19)5/h9-10,12,14,16H,6-8H2,1-5H3/t12-,14+,16+,18-,19+/m0/s1. The summed E-state index contributed by atoms with van der Waals surface area (Å²) in [6.07, 6.45) is 4.81. The molecule has 4 nitrogen and oxygen atoms in total. The Balaban J connectivity index is 1.84. The molecule has 23 heavy (non-hydrogen) atoms. The van der Waals surface area contributed by atoms with Gasteiger partial charge in [-0.15, -0.1) is 0 Å². The molecule has 0 radical (unpaired) electrons. The summed E-state index contributed by atoms with van der Waals surface area (Å²) in [7, 11) is 0. The minimum atomic E-state index is -0.278. The Hall–Kier alpha value is -1.29. The van der Waals surface area contributed by atoms with Crippen LogP contribution in [0.3, 0.4) is 0 Å². The van der Waals surface area contributed by atoms with E-state index in [-0.39, 0.29) is 35.1 Å². The molecule has 2 aliphatic carbocycles. The Labute approximate surface area is 137 Å². The molecule has 1 spiro atoms. The van der Waals surface area contributed by atoms with E-state index in [9.17, 15) is 4.79 Å². The summed E-state index contributed by atoms with van der Waals surface area (Å²) in [6, 6.07) is 0. The highest BCUT2D eigenvalue weighted by Gasteiger charge is 2.75. The van der Waals surface area contributed by atoms with Crippen molar-refractivity contribution in [1.82, 2.24) is 0 Å². The minimum absolute atomic E-state index is 0.137. The van der Waals surface area contributed by atoms with Gasteiger partial charge in [0.1, 0.15) is 17.5 Å². The number of epoxide rings is 1. The molecule has 1 aromatic heterocycles. The molecule has 4 heteroatoms. The largest absolute Gasteiger partial charge is 0.469 e. The molecule has 3 aliphatic rings. The molecule has 0 bridgehead atoms. The summed E-state index contributed by atoms with van der Waals surface area (Å²) in [5.74, 6) is 1.10. The number of aryl methyl sites for hydroxylation is 1. The van der Waals surface area contributed by atoms with E-state index in [0.29, 0.717) is 5.92 Å². The van der Waals surface area contributed by atoms with Crippen LogP contribution < -0.4 is 0 Å². The lowest BCUT2D eigenvalue weighted by Crippen LogP contribution is -2.54. The molecule has 1 saturated carbocycles. The first-order valence-electron chi connectivity index (χ1n) is 8.76. The van der Waals surface area contributed by atoms with Gasteiger partial charge in [0, 0.05) is 17.4 Å². The second-order valence-electron chi connectivity index (χ2n) is 8.16. The number of esters is 1. The van der Waals surface area contributed by atoms with Crippen LogP contribution in [0.1, 0.15) is 63.5 Å². The van der Waals surface area contributed by atoms with Crippen molar-refractivity contribution in [2.75, 3.05) is 0 Å². The molecule has 0 unspecified atom stereocenters. The van der Waals surface area contributed by atoms with E-state index in [1.54, 1.807) is 6.26 Å². The first-order chi connectivity index (χ1) is 10.8. The summed E-state index contributed by atoms with van der Waals surface area (Å²) in [5.41, 5.74) is 1.74. The van der Waals surface area contributed by atoms with Crippen molar-refractivity contribution in [3.8, 4) is 0 Å². The van der Waals surface area contributed by atoms with Gasteiger partial charge in [-0.05, 0) is 31.2 Å². The summed E-state index contributed by atoms with van der Waals surface area (Å²) < 4.78 is 18.1. The Morgan fingerprint density at radius 1 is 1.39 bits per heavy atom. The van der Waals surface area contributed by atoms with Gasteiger partial charge < -0.3 is 13.9 Å². The van der Waals surface area contributed by atoms with Gasteiger partial charge in [-0.3, -0.25) is 4.79 Å². The fraction of sp³-hybridized carbons (Fsp3) is 0.737. The van der Waals surface area contributed by atoms with Crippen molar-refractivity contribution in [2.24, 2.45) is 17.3 Å². The zero-order valence-electron chi connectivity index (χ0n) is 14.6. The van der Waals surface area contributed by atoms with E-state index in [0.717, 1.165) is 36.1 Å². The van der Waals surface area contributed by atoms with Crippen LogP contribution in [0.25, 0.3) is 0 Å². The Morgan fingerprint density at radius 3 is 2.83 bits per heavy atom. The number of furan rings is 1. The summed E-state index contributed by atoms with van der Waals surface area (Å²) >= 11 is 0. The molecule has 0 aromatic carbocycles. The monoisotopic (exact) mass is 318 g/mol. The SMILES string of the molecule is Cc1coc2c1[C@@H](OC(=O)C(C)C)[C@]1(C)[C@@H](C)CC[C@H]3O[C@]31C2. The number of fused-ring (bicyclic) bond motifs is 1. The highest BCUT2D eigenvalue weighted by atomic mass is 16.6. The van der Waals surface area contributed by atoms with Crippen molar-refractivity contribution >= 4 is 5.97 Å². The van der Waals surface area contributed by atoms with E-state index in [4.69, 9.17) is 13.9 Å². The number of rotatable bonds is 2. The molecule has 4 rings (SSSR count). The zero-order chi connectivity index (χ0) is 16.6. The van der Waals surface area contributed by atoms with E-state index in [2.05, 4.69) is 13.8 Å². The summed E-state index contributed by atoms with van der Waals surface area (Å²) in [5, 5.41) is 0. The van der Waals surface area contributed by atoms with Crippen LogP contribution in [-0.4, -0.2) is 17.7 Å². The van der Waals surface area contributed by atoms with E-state index < -0.39 is 0 Å². The Kier molecular flexibility index (Phi) is 3.07. The van der Waals surface area contributed by atoms with Crippen LogP contribution in [0.2, 0.25) is 0 Å². The van der Waals surface area contributed by atoms with E-state index in [1.807, 2.05) is 20.8 Å². The Bertz CT molecular complexity index is 660. The van der Waals surface area contributed by atoms with E-state index in [1.165, 1.54) is 0 Å². The van der Waals surface area contributed by atoms with Crippen LogP contribution in [0.15, 0.2) is 10.7 Å². The zero-order valence-corrected chi connectivity index (χ0v) is 14.6. The van der Waals surface area contributed by atoms with Gasteiger partial charge in [0.05, 0.1) is 18.3 Å². The third-order valence-electron chi connectivity index (χ3n) is 6.65. The number of carbonyl (C=O) groups is 1. The third-order valence-corrected chi connectivity index (χ3v) is 6.65. The molecule has 1 aliphatic heterocycles.